The van der Waals surface area contributed by atoms with E-state index in [1.165, 1.54) is 23.1 Å². The normalized spacial score (nSPS) is 14.2. The number of ether oxygens (including phenoxy) is 3. The van der Waals surface area contributed by atoms with Crippen molar-refractivity contribution in [2.24, 2.45) is 0 Å². The fourth-order valence-corrected chi connectivity index (χ4v) is 5.96. The molecule has 33 heavy (non-hydrogen) atoms. The number of methoxy groups -OCH3 is 1. The third kappa shape index (κ3) is 4.13. The Morgan fingerprint density at radius 3 is 2.55 bits per heavy atom. The van der Waals surface area contributed by atoms with Gasteiger partial charge in [-0.2, -0.15) is 0 Å². The number of aromatic nitrogens is 3. The Labute approximate surface area is 203 Å². The molecular weight excluding hydrogens is 478 g/mol. The van der Waals surface area contributed by atoms with Gasteiger partial charge in [0.2, 0.25) is 0 Å². The molecule has 1 fully saturated rings. The molecule has 170 valence electrons. The first-order chi connectivity index (χ1) is 16.1. The minimum Gasteiger partial charge on any atom is -0.495 e. The van der Waals surface area contributed by atoms with E-state index in [-0.39, 0.29) is 11.8 Å². The van der Waals surface area contributed by atoms with E-state index in [1.54, 1.807) is 11.7 Å². The third-order valence-electron chi connectivity index (χ3n) is 5.30. The number of benzene rings is 2. The minimum atomic E-state index is -0.339. The standard InChI is InChI=1S/C23H21N3O4S3/c1-14-7-3-4-8-15(14)25-20-19(33-23(25)31)21(27)26(16-9-5-6-10-17(16)28-2)22(24-20)32-13-18-29-11-12-30-18/h3-10,18H,11-13H2,1-2H3. The Morgan fingerprint density at radius 1 is 1.12 bits per heavy atom. The predicted molar refractivity (Wildman–Crippen MR) is 133 cm³/mol. The molecule has 1 saturated heterocycles. The topological polar surface area (TPSA) is 67.5 Å². The molecule has 1 aliphatic rings. The molecule has 0 radical (unpaired) electrons. The van der Waals surface area contributed by atoms with Gasteiger partial charge < -0.3 is 14.2 Å². The van der Waals surface area contributed by atoms with Gasteiger partial charge >= 0.3 is 0 Å². The first-order valence-electron chi connectivity index (χ1n) is 10.3. The third-order valence-corrected chi connectivity index (χ3v) is 7.62. The zero-order chi connectivity index (χ0) is 22.9. The second kappa shape index (κ2) is 9.40. The molecule has 0 N–H and O–H groups in total. The molecule has 4 aromatic rings. The van der Waals surface area contributed by atoms with Crippen LogP contribution in [0.1, 0.15) is 5.56 Å². The summed E-state index contributed by atoms with van der Waals surface area (Å²) in [6.45, 7) is 3.14. The zero-order valence-electron chi connectivity index (χ0n) is 18.0. The van der Waals surface area contributed by atoms with Crippen molar-refractivity contribution in [3.05, 3.63) is 68.4 Å². The largest absolute Gasteiger partial charge is 0.495 e. The summed E-state index contributed by atoms with van der Waals surface area (Å²) in [4.78, 5) is 18.8. The van der Waals surface area contributed by atoms with Crippen LogP contribution in [0.25, 0.3) is 21.7 Å². The molecule has 0 aliphatic carbocycles. The van der Waals surface area contributed by atoms with Gasteiger partial charge in [0, 0.05) is 0 Å². The van der Waals surface area contributed by atoms with Gasteiger partial charge in [-0.25, -0.2) is 4.98 Å². The number of rotatable bonds is 6. The van der Waals surface area contributed by atoms with E-state index in [0.29, 0.717) is 49.9 Å². The molecule has 0 spiro atoms. The lowest BCUT2D eigenvalue weighted by atomic mass is 10.2. The fourth-order valence-electron chi connectivity index (χ4n) is 3.73. The van der Waals surface area contributed by atoms with Crippen LogP contribution in [-0.4, -0.2) is 46.5 Å². The summed E-state index contributed by atoms with van der Waals surface area (Å²) in [5, 5.41) is 0.520. The SMILES string of the molecule is COc1ccccc1-n1c(SCC2OCCO2)nc2c(sc(=S)n2-c2ccccc2C)c1=O. The van der Waals surface area contributed by atoms with Gasteiger partial charge in [-0.3, -0.25) is 13.9 Å². The molecule has 0 saturated carbocycles. The maximum atomic E-state index is 13.8. The first-order valence-corrected chi connectivity index (χ1v) is 12.5. The van der Waals surface area contributed by atoms with Crippen LogP contribution in [0.4, 0.5) is 0 Å². The van der Waals surface area contributed by atoms with Crippen molar-refractivity contribution in [1.29, 1.82) is 0 Å². The van der Waals surface area contributed by atoms with Crippen LogP contribution in [0, 0.1) is 10.9 Å². The second-order valence-electron chi connectivity index (χ2n) is 7.33. The van der Waals surface area contributed by atoms with E-state index in [0.717, 1.165) is 11.3 Å². The van der Waals surface area contributed by atoms with Crippen LogP contribution >= 0.6 is 35.3 Å². The van der Waals surface area contributed by atoms with Gasteiger partial charge in [-0.1, -0.05) is 53.4 Å². The van der Waals surface area contributed by atoms with Gasteiger partial charge in [0.1, 0.15) is 10.4 Å². The fraction of sp³-hybridized carbons (Fsp3) is 0.261. The average Bonchev–Trinajstić information content (AvgIpc) is 3.46. The van der Waals surface area contributed by atoms with Crippen molar-refractivity contribution in [3.63, 3.8) is 0 Å². The van der Waals surface area contributed by atoms with Gasteiger partial charge in [-0.15, -0.1) is 0 Å². The second-order valence-corrected chi connectivity index (χ2v) is 9.96. The van der Waals surface area contributed by atoms with Crippen LogP contribution in [0.3, 0.4) is 0 Å². The number of hydrogen-bond acceptors (Lipinski definition) is 8. The highest BCUT2D eigenvalue weighted by Gasteiger charge is 2.23. The average molecular weight is 500 g/mol. The van der Waals surface area contributed by atoms with Gasteiger partial charge in [0.05, 0.1) is 37.5 Å². The molecule has 7 nitrogen and oxygen atoms in total. The number of para-hydroxylation sites is 3. The summed E-state index contributed by atoms with van der Waals surface area (Å²) < 4.78 is 21.3. The Bertz CT molecular complexity index is 1440. The number of fused-ring (bicyclic) bond motifs is 1. The molecule has 1 aliphatic heterocycles. The molecule has 5 rings (SSSR count). The smallest absolute Gasteiger partial charge is 0.278 e. The highest BCUT2D eigenvalue weighted by atomic mass is 32.2. The van der Waals surface area contributed by atoms with Crippen LogP contribution in [0.15, 0.2) is 58.5 Å². The Morgan fingerprint density at radius 2 is 1.82 bits per heavy atom. The molecule has 3 heterocycles. The number of thioether (sulfide) groups is 1. The zero-order valence-corrected chi connectivity index (χ0v) is 20.5. The maximum absolute atomic E-state index is 13.8. The Kier molecular flexibility index (Phi) is 6.35. The lowest BCUT2D eigenvalue weighted by Gasteiger charge is -2.16. The summed E-state index contributed by atoms with van der Waals surface area (Å²) in [5.41, 5.74) is 2.94. The molecule has 2 aromatic heterocycles. The number of thiazole rings is 1. The molecular formula is C23H21N3O4S3. The lowest BCUT2D eigenvalue weighted by Crippen LogP contribution is -2.23. The summed E-state index contributed by atoms with van der Waals surface area (Å²) in [6, 6.07) is 15.3. The first kappa shape index (κ1) is 22.3. The molecule has 2 aromatic carbocycles. The Balaban J connectivity index is 1.76. The summed E-state index contributed by atoms with van der Waals surface area (Å²) in [5.74, 6) is 1.08. The van der Waals surface area contributed by atoms with Gasteiger partial charge in [0.15, 0.2) is 21.0 Å². The van der Waals surface area contributed by atoms with E-state index < -0.39 is 0 Å². The van der Waals surface area contributed by atoms with Crippen LogP contribution in [0.5, 0.6) is 5.75 Å². The van der Waals surface area contributed by atoms with Crippen LogP contribution in [-0.2, 0) is 9.47 Å². The summed E-state index contributed by atoms with van der Waals surface area (Å²) in [6.07, 6.45) is -0.339. The number of hydrogen-bond donors (Lipinski definition) is 0. The maximum Gasteiger partial charge on any atom is 0.278 e. The summed E-state index contributed by atoms with van der Waals surface area (Å²) in [7, 11) is 1.58. The predicted octanol–water partition coefficient (Wildman–Crippen LogP) is 4.75. The van der Waals surface area contributed by atoms with E-state index in [1.807, 2.05) is 60.0 Å². The highest BCUT2D eigenvalue weighted by Crippen LogP contribution is 2.31. The van der Waals surface area contributed by atoms with Gasteiger partial charge in [0.25, 0.3) is 5.56 Å². The monoisotopic (exact) mass is 499 g/mol. The van der Waals surface area contributed by atoms with Crippen molar-refractivity contribution < 1.29 is 14.2 Å². The van der Waals surface area contributed by atoms with E-state index in [9.17, 15) is 4.79 Å². The number of nitrogens with zero attached hydrogens (tertiary/aromatic N) is 3. The molecule has 10 heteroatoms. The van der Waals surface area contributed by atoms with Gasteiger partial charge in [-0.05, 0) is 42.9 Å². The quantitative estimate of drug-likeness (QED) is 0.215. The Hall–Kier alpha value is -2.50. The van der Waals surface area contributed by atoms with Crippen LogP contribution < -0.4 is 10.3 Å². The van der Waals surface area contributed by atoms with Crippen molar-refractivity contribution in [2.75, 3.05) is 26.1 Å². The molecule has 0 bridgehead atoms. The minimum absolute atomic E-state index is 0.191. The van der Waals surface area contributed by atoms with Crippen molar-refractivity contribution >= 4 is 45.7 Å². The van der Waals surface area contributed by atoms with E-state index in [2.05, 4.69) is 0 Å². The van der Waals surface area contributed by atoms with Crippen molar-refractivity contribution in [2.45, 2.75) is 18.4 Å². The molecule has 0 amide bonds. The van der Waals surface area contributed by atoms with Crippen molar-refractivity contribution in [3.8, 4) is 17.1 Å². The van der Waals surface area contributed by atoms with E-state index in [4.69, 9.17) is 31.4 Å². The molecule has 0 unspecified atom stereocenters. The van der Waals surface area contributed by atoms with Crippen molar-refractivity contribution in [1.82, 2.24) is 14.1 Å². The lowest BCUT2D eigenvalue weighted by molar-refractivity contribution is -0.0215. The van der Waals surface area contributed by atoms with E-state index >= 15 is 0 Å². The number of aryl methyl sites for hydroxylation is 1. The highest BCUT2D eigenvalue weighted by molar-refractivity contribution is 7.99. The van der Waals surface area contributed by atoms with Crippen LogP contribution in [0.2, 0.25) is 0 Å². The molecule has 0 atom stereocenters. The summed E-state index contributed by atoms with van der Waals surface area (Å²) >= 11 is 8.35.